The van der Waals surface area contributed by atoms with Gasteiger partial charge in [0.15, 0.2) is 0 Å². The molecule has 90 valence electrons. The lowest BCUT2D eigenvalue weighted by atomic mass is 10.3. The molecule has 16 heavy (non-hydrogen) atoms. The van der Waals surface area contributed by atoms with Crippen molar-refractivity contribution >= 4 is 0 Å². The third kappa shape index (κ3) is 2.94. The number of halogens is 3. The van der Waals surface area contributed by atoms with Crippen molar-refractivity contribution in [3.8, 4) is 0 Å². The van der Waals surface area contributed by atoms with Crippen molar-refractivity contribution in [2.45, 2.75) is 25.6 Å². The fourth-order valence-electron chi connectivity index (χ4n) is 1.22. The van der Waals surface area contributed by atoms with Crippen LogP contribution in [0.15, 0.2) is 12.3 Å². The van der Waals surface area contributed by atoms with Crippen molar-refractivity contribution in [2.24, 2.45) is 0 Å². The van der Waals surface area contributed by atoms with Crippen LogP contribution in [-0.4, -0.2) is 27.4 Å². The SMILES string of the molecule is CCc1ccn(C(C[N+](=O)[O-])C(F)(F)F)n1. The average molecular weight is 237 g/mol. The van der Waals surface area contributed by atoms with E-state index in [0.717, 1.165) is 6.20 Å². The van der Waals surface area contributed by atoms with Gasteiger partial charge in [-0.05, 0) is 12.5 Å². The Morgan fingerprint density at radius 3 is 2.62 bits per heavy atom. The Morgan fingerprint density at radius 2 is 2.25 bits per heavy atom. The van der Waals surface area contributed by atoms with Gasteiger partial charge in [0.05, 0.1) is 5.69 Å². The van der Waals surface area contributed by atoms with Crippen molar-refractivity contribution in [1.29, 1.82) is 0 Å². The molecule has 0 aromatic carbocycles. The fraction of sp³-hybridized carbons (Fsp3) is 0.625. The Balaban J connectivity index is 2.96. The smallest absolute Gasteiger partial charge is 0.264 e. The number of hydrogen-bond acceptors (Lipinski definition) is 3. The molecule has 0 bridgehead atoms. The highest BCUT2D eigenvalue weighted by atomic mass is 19.4. The minimum atomic E-state index is -4.68. The minimum Gasteiger partial charge on any atom is -0.264 e. The van der Waals surface area contributed by atoms with Crippen LogP contribution in [-0.2, 0) is 6.42 Å². The van der Waals surface area contributed by atoms with Crippen molar-refractivity contribution in [3.05, 3.63) is 28.1 Å². The van der Waals surface area contributed by atoms with Crippen molar-refractivity contribution in [1.82, 2.24) is 9.78 Å². The second-order valence-corrected chi connectivity index (χ2v) is 3.21. The van der Waals surface area contributed by atoms with Crippen LogP contribution in [0.3, 0.4) is 0 Å². The van der Waals surface area contributed by atoms with E-state index >= 15 is 0 Å². The number of nitrogens with zero attached hydrogens (tertiary/aromatic N) is 3. The molecule has 1 rings (SSSR count). The van der Waals surface area contributed by atoms with Crippen LogP contribution in [0.1, 0.15) is 18.7 Å². The molecule has 1 heterocycles. The zero-order chi connectivity index (χ0) is 12.3. The van der Waals surface area contributed by atoms with Crippen LogP contribution < -0.4 is 0 Å². The normalized spacial score (nSPS) is 13.8. The van der Waals surface area contributed by atoms with E-state index < -0.39 is 23.7 Å². The van der Waals surface area contributed by atoms with E-state index in [0.29, 0.717) is 16.8 Å². The summed E-state index contributed by atoms with van der Waals surface area (Å²) in [6.07, 6.45) is -3.08. The molecule has 0 aliphatic rings. The highest BCUT2D eigenvalue weighted by molar-refractivity contribution is 4.99. The second kappa shape index (κ2) is 4.50. The lowest BCUT2D eigenvalue weighted by molar-refractivity contribution is -0.495. The summed E-state index contributed by atoms with van der Waals surface area (Å²) in [7, 11) is 0. The van der Waals surface area contributed by atoms with Gasteiger partial charge in [0, 0.05) is 11.1 Å². The predicted octanol–water partition coefficient (Wildman–Crippen LogP) is 1.83. The number of nitro groups is 1. The molecule has 0 saturated heterocycles. The highest BCUT2D eigenvalue weighted by Gasteiger charge is 2.45. The van der Waals surface area contributed by atoms with Crippen LogP contribution in [0.5, 0.6) is 0 Å². The van der Waals surface area contributed by atoms with Crippen molar-refractivity contribution in [3.63, 3.8) is 0 Å². The zero-order valence-electron chi connectivity index (χ0n) is 8.44. The van der Waals surface area contributed by atoms with E-state index in [1.54, 1.807) is 6.92 Å². The first-order valence-corrected chi connectivity index (χ1v) is 4.57. The third-order valence-corrected chi connectivity index (χ3v) is 2.04. The van der Waals surface area contributed by atoms with Gasteiger partial charge >= 0.3 is 6.18 Å². The van der Waals surface area contributed by atoms with E-state index in [1.165, 1.54) is 6.07 Å². The second-order valence-electron chi connectivity index (χ2n) is 3.21. The van der Waals surface area contributed by atoms with Crippen molar-refractivity contribution < 1.29 is 18.1 Å². The first-order chi connectivity index (χ1) is 7.34. The molecule has 1 atom stereocenters. The average Bonchev–Trinajstić information content (AvgIpc) is 2.60. The van der Waals surface area contributed by atoms with Gasteiger partial charge in [0.1, 0.15) is 0 Å². The summed E-state index contributed by atoms with van der Waals surface area (Å²) in [5.74, 6) is 0. The summed E-state index contributed by atoms with van der Waals surface area (Å²) in [6.45, 7) is 0.525. The summed E-state index contributed by atoms with van der Waals surface area (Å²) < 4.78 is 38.1. The lowest BCUT2D eigenvalue weighted by Crippen LogP contribution is -2.33. The minimum absolute atomic E-state index is 0.470. The Bertz CT molecular complexity index is 375. The number of aromatic nitrogens is 2. The van der Waals surface area contributed by atoms with Crippen LogP contribution in [0.25, 0.3) is 0 Å². The molecule has 0 fully saturated rings. The van der Waals surface area contributed by atoms with Crippen LogP contribution in [0.4, 0.5) is 13.2 Å². The van der Waals surface area contributed by atoms with Gasteiger partial charge in [-0.1, -0.05) is 6.92 Å². The molecular weight excluding hydrogens is 227 g/mol. The molecule has 0 aliphatic heterocycles. The number of hydrogen-bond donors (Lipinski definition) is 0. The van der Waals surface area contributed by atoms with Gasteiger partial charge in [-0.25, -0.2) is 0 Å². The summed E-state index contributed by atoms with van der Waals surface area (Å²) in [6, 6.07) is -0.790. The molecule has 0 N–H and O–H groups in total. The van der Waals surface area contributed by atoms with Gasteiger partial charge in [-0.2, -0.15) is 18.3 Å². The molecule has 1 aromatic rings. The molecule has 1 aromatic heterocycles. The Labute approximate surface area is 89.0 Å². The van der Waals surface area contributed by atoms with E-state index in [4.69, 9.17) is 0 Å². The van der Waals surface area contributed by atoms with E-state index in [9.17, 15) is 23.3 Å². The number of aryl methyl sites for hydroxylation is 1. The topological polar surface area (TPSA) is 61.0 Å². The highest BCUT2D eigenvalue weighted by Crippen LogP contribution is 2.30. The molecular formula is C8H10F3N3O2. The Hall–Kier alpha value is -1.60. The van der Waals surface area contributed by atoms with Gasteiger partial charge < -0.3 is 0 Å². The first-order valence-electron chi connectivity index (χ1n) is 4.57. The molecule has 8 heteroatoms. The Kier molecular flexibility index (Phi) is 3.51. The van der Waals surface area contributed by atoms with Crippen molar-refractivity contribution in [2.75, 3.05) is 6.54 Å². The maximum atomic E-state index is 12.5. The first kappa shape index (κ1) is 12.5. The van der Waals surface area contributed by atoms with E-state index in [1.807, 2.05) is 0 Å². The number of alkyl halides is 3. The maximum absolute atomic E-state index is 12.5. The maximum Gasteiger partial charge on any atom is 0.417 e. The van der Waals surface area contributed by atoms with E-state index in [-0.39, 0.29) is 0 Å². The molecule has 0 spiro atoms. The monoisotopic (exact) mass is 237 g/mol. The van der Waals surface area contributed by atoms with Crippen LogP contribution in [0, 0.1) is 10.1 Å². The molecule has 0 radical (unpaired) electrons. The Morgan fingerprint density at radius 1 is 1.62 bits per heavy atom. The van der Waals surface area contributed by atoms with Gasteiger partial charge in [0.25, 0.3) is 0 Å². The van der Waals surface area contributed by atoms with Crippen LogP contribution >= 0.6 is 0 Å². The summed E-state index contributed by atoms with van der Waals surface area (Å²) in [4.78, 5) is 9.18. The summed E-state index contributed by atoms with van der Waals surface area (Å²) >= 11 is 0. The molecule has 0 saturated carbocycles. The lowest BCUT2D eigenvalue weighted by Gasteiger charge is -2.16. The standard InChI is InChI=1S/C8H10F3N3O2/c1-2-6-3-4-13(12-6)7(5-14(15)16)8(9,10)11/h3-4,7H,2,5H2,1H3. The molecule has 0 amide bonds. The van der Waals surface area contributed by atoms with Gasteiger partial charge in [-0.15, -0.1) is 0 Å². The largest absolute Gasteiger partial charge is 0.417 e. The molecule has 0 aliphatic carbocycles. The summed E-state index contributed by atoms with van der Waals surface area (Å²) in [5, 5.41) is 13.8. The van der Waals surface area contributed by atoms with E-state index in [2.05, 4.69) is 5.10 Å². The number of rotatable bonds is 4. The van der Waals surface area contributed by atoms with Crippen LogP contribution in [0.2, 0.25) is 0 Å². The van der Waals surface area contributed by atoms with Gasteiger partial charge in [-0.3, -0.25) is 14.8 Å². The molecule has 5 nitrogen and oxygen atoms in total. The predicted molar refractivity (Wildman–Crippen MR) is 48.6 cm³/mol. The third-order valence-electron chi connectivity index (χ3n) is 2.04. The summed E-state index contributed by atoms with van der Waals surface area (Å²) in [5.41, 5.74) is 0.470. The fourth-order valence-corrected chi connectivity index (χ4v) is 1.22. The quantitative estimate of drug-likeness (QED) is 0.592. The van der Waals surface area contributed by atoms with Gasteiger partial charge in [0.2, 0.25) is 12.6 Å². The molecule has 1 unspecified atom stereocenters. The zero-order valence-corrected chi connectivity index (χ0v) is 8.44.